The third-order valence-corrected chi connectivity index (χ3v) is 1.94. The summed E-state index contributed by atoms with van der Waals surface area (Å²) < 4.78 is 5.58. The zero-order chi connectivity index (χ0) is 8.27. The largest absolute Gasteiger partial charge is 0.457 e. The Morgan fingerprint density at radius 1 is 1.82 bits per heavy atom. The van der Waals surface area contributed by atoms with E-state index in [1.54, 1.807) is 12.3 Å². The molecule has 0 aromatic carbocycles. The molecule has 3 N–H and O–H groups in total. The molecule has 0 aliphatic carbocycles. The van der Waals surface area contributed by atoms with Gasteiger partial charge in [-0.25, -0.2) is 5.43 Å². The van der Waals surface area contributed by atoms with Crippen LogP contribution in [0.5, 0.6) is 0 Å². The Labute approximate surface area is 73.0 Å². The molecule has 3 nitrogen and oxygen atoms in total. The summed E-state index contributed by atoms with van der Waals surface area (Å²) in [6.45, 7) is 0. The highest BCUT2D eigenvalue weighted by molar-refractivity contribution is 9.10. The molecule has 0 aliphatic heterocycles. The number of terminal acetylenes is 1. The van der Waals surface area contributed by atoms with Crippen molar-refractivity contribution in [3.63, 3.8) is 0 Å². The second-order valence-electron chi connectivity index (χ2n) is 1.92. The van der Waals surface area contributed by atoms with Crippen molar-refractivity contribution in [2.45, 2.75) is 6.04 Å². The Kier molecular flexibility index (Phi) is 2.71. The number of nitrogens with one attached hydrogen (secondary N) is 1. The Bertz CT molecular complexity index is 276. The van der Waals surface area contributed by atoms with Gasteiger partial charge in [-0.3, -0.25) is 5.84 Å². The van der Waals surface area contributed by atoms with Crippen LogP contribution in [-0.4, -0.2) is 0 Å². The van der Waals surface area contributed by atoms with E-state index in [9.17, 15) is 0 Å². The SMILES string of the molecule is C#CC(NN)c1ccoc1Br. The lowest BCUT2D eigenvalue weighted by atomic mass is 10.2. The lowest BCUT2D eigenvalue weighted by Crippen LogP contribution is -2.26. The molecule has 0 fully saturated rings. The van der Waals surface area contributed by atoms with Gasteiger partial charge in [0.25, 0.3) is 0 Å². The quantitative estimate of drug-likeness (QED) is 0.442. The number of nitrogens with two attached hydrogens (primary N) is 1. The van der Waals surface area contributed by atoms with Crippen molar-refractivity contribution in [3.8, 4) is 12.3 Å². The van der Waals surface area contributed by atoms with Crippen molar-refractivity contribution in [1.29, 1.82) is 0 Å². The van der Waals surface area contributed by atoms with Crippen LogP contribution >= 0.6 is 15.9 Å². The minimum atomic E-state index is -0.303. The van der Waals surface area contributed by atoms with Crippen LogP contribution in [0.2, 0.25) is 0 Å². The van der Waals surface area contributed by atoms with Crippen LogP contribution in [0.15, 0.2) is 21.4 Å². The van der Waals surface area contributed by atoms with Gasteiger partial charge >= 0.3 is 0 Å². The number of hydrogen-bond acceptors (Lipinski definition) is 3. The molecular weight excluding hydrogens is 208 g/mol. The highest BCUT2D eigenvalue weighted by Gasteiger charge is 2.11. The van der Waals surface area contributed by atoms with E-state index in [0.29, 0.717) is 4.67 Å². The minimum Gasteiger partial charge on any atom is -0.457 e. The molecule has 0 saturated carbocycles. The molecule has 11 heavy (non-hydrogen) atoms. The molecule has 4 heteroatoms. The smallest absolute Gasteiger partial charge is 0.174 e. The molecule has 0 amide bonds. The summed E-state index contributed by atoms with van der Waals surface area (Å²) in [6, 6.07) is 1.46. The summed E-state index contributed by atoms with van der Waals surface area (Å²) in [6.07, 6.45) is 6.73. The molecular formula is C7H7BrN2O. The number of hydrogen-bond donors (Lipinski definition) is 2. The second kappa shape index (κ2) is 3.58. The van der Waals surface area contributed by atoms with Crippen molar-refractivity contribution in [2.75, 3.05) is 0 Å². The third kappa shape index (κ3) is 1.63. The molecule has 1 aromatic heterocycles. The zero-order valence-electron chi connectivity index (χ0n) is 5.67. The summed E-state index contributed by atoms with van der Waals surface area (Å²) in [5.74, 6) is 7.66. The molecule has 0 radical (unpaired) electrons. The van der Waals surface area contributed by atoms with Crippen molar-refractivity contribution >= 4 is 15.9 Å². The Hall–Kier alpha value is -0.760. The molecule has 0 bridgehead atoms. The fourth-order valence-electron chi connectivity index (χ4n) is 0.738. The number of furan rings is 1. The first-order valence-corrected chi connectivity index (χ1v) is 3.74. The van der Waals surface area contributed by atoms with Gasteiger partial charge in [0.15, 0.2) is 4.67 Å². The normalized spacial score (nSPS) is 12.5. The molecule has 1 atom stereocenters. The monoisotopic (exact) mass is 214 g/mol. The second-order valence-corrected chi connectivity index (χ2v) is 2.64. The highest BCUT2D eigenvalue weighted by atomic mass is 79.9. The van der Waals surface area contributed by atoms with Crippen LogP contribution in [0, 0.1) is 12.3 Å². The molecule has 0 saturated heterocycles. The average molecular weight is 215 g/mol. The summed E-state index contributed by atoms with van der Waals surface area (Å²) in [5, 5.41) is 0. The topological polar surface area (TPSA) is 51.2 Å². The van der Waals surface area contributed by atoms with Gasteiger partial charge < -0.3 is 4.42 Å². The van der Waals surface area contributed by atoms with E-state index in [1.165, 1.54) is 0 Å². The summed E-state index contributed by atoms with van der Waals surface area (Å²) in [4.78, 5) is 0. The first kappa shape index (κ1) is 8.34. The van der Waals surface area contributed by atoms with E-state index >= 15 is 0 Å². The van der Waals surface area contributed by atoms with Crippen LogP contribution in [0.3, 0.4) is 0 Å². The van der Waals surface area contributed by atoms with Gasteiger partial charge in [-0.15, -0.1) is 6.42 Å². The third-order valence-electron chi connectivity index (χ3n) is 1.29. The lowest BCUT2D eigenvalue weighted by molar-refractivity contribution is 0.530. The highest BCUT2D eigenvalue weighted by Crippen LogP contribution is 2.23. The van der Waals surface area contributed by atoms with E-state index in [1.807, 2.05) is 0 Å². The standard InChI is InChI=1S/C7H7BrN2O/c1-2-6(10-9)5-3-4-11-7(5)8/h1,3-4,6,10H,9H2. The van der Waals surface area contributed by atoms with E-state index in [-0.39, 0.29) is 6.04 Å². The van der Waals surface area contributed by atoms with Gasteiger partial charge in [-0.2, -0.15) is 0 Å². The van der Waals surface area contributed by atoms with Crippen LogP contribution < -0.4 is 11.3 Å². The van der Waals surface area contributed by atoms with Crippen LogP contribution in [-0.2, 0) is 0 Å². The van der Waals surface area contributed by atoms with Gasteiger partial charge in [-0.05, 0) is 22.0 Å². The predicted octanol–water partition coefficient (Wildman–Crippen LogP) is 1.18. The summed E-state index contributed by atoms with van der Waals surface area (Å²) in [5.41, 5.74) is 3.30. The number of hydrazine groups is 1. The maximum atomic E-state index is 5.19. The molecule has 0 aliphatic rings. The first-order chi connectivity index (χ1) is 5.29. The van der Waals surface area contributed by atoms with Crippen molar-refractivity contribution in [1.82, 2.24) is 5.43 Å². The number of rotatable bonds is 2. The van der Waals surface area contributed by atoms with Crippen LogP contribution in [0.25, 0.3) is 0 Å². The molecule has 58 valence electrons. The molecule has 1 rings (SSSR count). The Morgan fingerprint density at radius 3 is 2.91 bits per heavy atom. The number of halogens is 1. The predicted molar refractivity (Wildman–Crippen MR) is 45.3 cm³/mol. The first-order valence-electron chi connectivity index (χ1n) is 2.94. The van der Waals surface area contributed by atoms with Gasteiger partial charge in [0, 0.05) is 5.56 Å². The Balaban J connectivity index is 2.92. The van der Waals surface area contributed by atoms with E-state index < -0.39 is 0 Å². The van der Waals surface area contributed by atoms with Gasteiger partial charge in [-0.1, -0.05) is 5.92 Å². The maximum absolute atomic E-state index is 5.19. The summed E-state index contributed by atoms with van der Waals surface area (Å²) >= 11 is 3.19. The fourth-order valence-corrected chi connectivity index (χ4v) is 1.21. The maximum Gasteiger partial charge on any atom is 0.174 e. The van der Waals surface area contributed by atoms with Crippen molar-refractivity contribution < 1.29 is 4.42 Å². The average Bonchev–Trinajstić information content (AvgIpc) is 2.40. The lowest BCUT2D eigenvalue weighted by Gasteiger charge is -2.05. The molecule has 0 spiro atoms. The zero-order valence-corrected chi connectivity index (χ0v) is 7.26. The van der Waals surface area contributed by atoms with E-state index in [2.05, 4.69) is 27.3 Å². The van der Waals surface area contributed by atoms with E-state index in [0.717, 1.165) is 5.56 Å². The van der Waals surface area contributed by atoms with Gasteiger partial charge in [0.1, 0.15) is 6.04 Å². The molecule has 1 unspecified atom stereocenters. The van der Waals surface area contributed by atoms with Crippen LogP contribution in [0.1, 0.15) is 11.6 Å². The molecule has 1 heterocycles. The molecule has 1 aromatic rings. The van der Waals surface area contributed by atoms with Crippen molar-refractivity contribution in [3.05, 3.63) is 22.6 Å². The van der Waals surface area contributed by atoms with Crippen LogP contribution in [0.4, 0.5) is 0 Å². The Morgan fingerprint density at radius 2 is 2.55 bits per heavy atom. The van der Waals surface area contributed by atoms with Crippen molar-refractivity contribution in [2.24, 2.45) is 5.84 Å². The fraction of sp³-hybridized carbons (Fsp3) is 0.143. The summed E-state index contributed by atoms with van der Waals surface area (Å²) in [7, 11) is 0. The van der Waals surface area contributed by atoms with Gasteiger partial charge in [0.05, 0.1) is 6.26 Å². The minimum absolute atomic E-state index is 0.303. The van der Waals surface area contributed by atoms with E-state index in [4.69, 9.17) is 16.7 Å². The van der Waals surface area contributed by atoms with Gasteiger partial charge in [0.2, 0.25) is 0 Å².